The van der Waals surface area contributed by atoms with Gasteiger partial charge in [0.25, 0.3) is 0 Å². The van der Waals surface area contributed by atoms with Crippen LogP contribution in [-0.2, 0) is 24.4 Å². The Morgan fingerprint density at radius 3 is 2.50 bits per heavy atom. The van der Waals surface area contributed by atoms with Crippen molar-refractivity contribution >= 4 is 16.0 Å². The molecule has 0 amide bonds. The predicted octanol–water partition coefficient (Wildman–Crippen LogP) is -1.34. The maximum absolute atomic E-state index is 11.4. The van der Waals surface area contributed by atoms with E-state index in [0.29, 0.717) is 13.2 Å². The van der Waals surface area contributed by atoms with E-state index in [-0.39, 0.29) is 13.1 Å². The molecule has 1 aliphatic heterocycles. The minimum Gasteiger partial charge on any atom is -0.379 e. The molecule has 0 unspecified atom stereocenters. The average molecular weight is 225 g/mol. The van der Waals surface area contributed by atoms with E-state index >= 15 is 0 Å². The standard InChI is InChI=1S/C6H11NO6S/c8-6(13-9)5-14(10,11)7-1-3-12-4-2-7/h9H,1-5H2. The van der Waals surface area contributed by atoms with Crippen LogP contribution in [0.25, 0.3) is 0 Å². The number of carbonyl (C=O) groups is 1. The summed E-state index contributed by atoms with van der Waals surface area (Å²) in [5, 5.41) is 7.94. The fourth-order valence-corrected chi connectivity index (χ4v) is 2.33. The molecule has 14 heavy (non-hydrogen) atoms. The summed E-state index contributed by atoms with van der Waals surface area (Å²) in [7, 11) is -3.68. The molecule has 8 heteroatoms. The predicted molar refractivity (Wildman–Crippen MR) is 44.9 cm³/mol. The SMILES string of the molecule is O=C(CS(=O)(=O)N1CCOCC1)OO. The smallest absolute Gasteiger partial charge is 0.358 e. The quantitative estimate of drug-likeness (QED) is 0.472. The molecule has 0 aromatic heterocycles. The van der Waals surface area contributed by atoms with E-state index in [9.17, 15) is 13.2 Å². The molecule has 0 atom stereocenters. The first-order chi connectivity index (χ1) is 6.56. The molecule has 1 heterocycles. The molecule has 0 radical (unpaired) electrons. The summed E-state index contributed by atoms with van der Waals surface area (Å²) in [6, 6.07) is 0. The van der Waals surface area contributed by atoms with Gasteiger partial charge in [-0.25, -0.2) is 13.2 Å². The molecule has 1 N–H and O–H groups in total. The number of nitrogens with zero attached hydrogens (tertiary/aromatic N) is 1. The minimum atomic E-state index is -3.68. The van der Waals surface area contributed by atoms with Gasteiger partial charge < -0.3 is 4.74 Å². The van der Waals surface area contributed by atoms with Gasteiger partial charge in [0.15, 0.2) is 5.75 Å². The zero-order valence-electron chi connectivity index (χ0n) is 7.38. The third-order valence-electron chi connectivity index (χ3n) is 1.77. The fourth-order valence-electron chi connectivity index (χ4n) is 1.09. The monoisotopic (exact) mass is 225 g/mol. The third-order valence-corrected chi connectivity index (χ3v) is 3.52. The van der Waals surface area contributed by atoms with Crippen LogP contribution in [-0.4, -0.2) is 56.0 Å². The van der Waals surface area contributed by atoms with Crippen molar-refractivity contribution in [1.29, 1.82) is 0 Å². The Balaban J connectivity index is 2.59. The van der Waals surface area contributed by atoms with Crippen LogP contribution in [0.1, 0.15) is 0 Å². The number of ether oxygens (including phenoxy) is 1. The summed E-state index contributed by atoms with van der Waals surface area (Å²) in [5.74, 6) is -2.03. The van der Waals surface area contributed by atoms with Gasteiger partial charge in [0.05, 0.1) is 13.2 Å². The maximum atomic E-state index is 11.4. The lowest BCUT2D eigenvalue weighted by Crippen LogP contribution is -2.43. The Morgan fingerprint density at radius 1 is 1.43 bits per heavy atom. The second-order valence-corrected chi connectivity index (χ2v) is 4.70. The molecular formula is C6H11NO6S. The van der Waals surface area contributed by atoms with Gasteiger partial charge in [0, 0.05) is 13.1 Å². The molecular weight excluding hydrogens is 214 g/mol. The van der Waals surface area contributed by atoms with Crippen LogP contribution < -0.4 is 0 Å². The van der Waals surface area contributed by atoms with Crippen molar-refractivity contribution < 1.29 is 28.1 Å². The third kappa shape index (κ3) is 2.91. The largest absolute Gasteiger partial charge is 0.379 e. The number of sulfonamides is 1. The van der Waals surface area contributed by atoms with Crippen molar-refractivity contribution in [2.24, 2.45) is 0 Å². The van der Waals surface area contributed by atoms with Gasteiger partial charge in [-0.05, 0) is 0 Å². The molecule has 0 aromatic rings. The molecule has 0 bridgehead atoms. The van der Waals surface area contributed by atoms with E-state index in [0.717, 1.165) is 4.31 Å². The van der Waals surface area contributed by atoms with Crippen molar-refractivity contribution in [2.75, 3.05) is 32.1 Å². The number of hydrogen-bond acceptors (Lipinski definition) is 6. The van der Waals surface area contributed by atoms with Crippen molar-refractivity contribution in [3.63, 3.8) is 0 Å². The number of hydrogen-bond donors (Lipinski definition) is 1. The second-order valence-electron chi connectivity index (χ2n) is 2.73. The van der Waals surface area contributed by atoms with Gasteiger partial charge in [-0.1, -0.05) is 0 Å². The van der Waals surface area contributed by atoms with Crippen molar-refractivity contribution in [1.82, 2.24) is 4.31 Å². The van der Waals surface area contributed by atoms with Gasteiger partial charge in [-0.3, -0.25) is 4.89 Å². The van der Waals surface area contributed by atoms with Gasteiger partial charge in [-0.15, -0.1) is 0 Å². The Labute approximate surface area is 81.2 Å². The fraction of sp³-hybridized carbons (Fsp3) is 0.833. The van der Waals surface area contributed by atoms with Crippen LogP contribution >= 0.6 is 0 Å². The highest BCUT2D eigenvalue weighted by Crippen LogP contribution is 2.05. The van der Waals surface area contributed by atoms with Crippen molar-refractivity contribution in [2.45, 2.75) is 0 Å². The van der Waals surface area contributed by atoms with E-state index < -0.39 is 21.7 Å². The van der Waals surface area contributed by atoms with E-state index in [2.05, 4.69) is 4.89 Å². The minimum absolute atomic E-state index is 0.223. The summed E-state index contributed by atoms with van der Waals surface area (Å²) in [6.45, 7) is 1.07. The zero-order chi connectivity index (χ0) is 10.6. The number of carbonyl (C=O) groups excluding carboxylic acids is 1. The highest BCUT2D eigenvalue weighted by molar-refractivity contribution is 7.89. The van der Waals surface area contributed by atoms with Gasteiger partial charge in [0.1, 0.15) is 0 Å². The van der Waals surface area contributed by atoms with Gasteiger partial charge in [0.2, 0.25) is 10.0 Å². The van der Waals surface area contributed by atoms with Crippen LogP contribution in [0.4, 0.5) is 0 Å². The second kappa shape index (κ2) is 4.69. The number of morpholine rings is 1. The Morgan fingerprint density at radius 2 is 2.00 bits per heavy atom. The Bertz CT molecular complexity index is 293. The van der Waals surface area contributed by atoms with E-state index in [4.69, 9.17) is 9.99 Å². The topological polar surface area (TPSA) is 93.1 Å². The molecule has 82 valence electrons. The Kier molecular flexibility index (Phi) is 3.81. The number of rotatable bonds is 3. The highest BCUT2D eigenvalue weighted by Gasteiger charge is 2.27. The molecule has 0 aromatic carbocycles. The van der Waals surface area contributed by atoms with Crippen molar-refractivity contribution in [3.05, 3.63) is 0 Å². The Hall–Kier alpha value is -0.700. The normalized spacial score (nSPS) is 19.2. The molecule has 1 rings (SSSR count). The van der Waals surface area contributed by atoms with Crippen LogP contribution in [0.5, 0.6) is 0 Å². The molecule has 1 aliphatic rings. The maximum Gasteiger partial charge on any atom is 0.358 e. The summed E-state index contributed by atoms with van der Waals surface area (Å²) in [5.41, 5.74) is 0. The molecule has 1 fully saturated rings. The van der Waals surface area contributed by atoms with Crippen LogP contribution in [0.2, 0.25) is 0 Å². The lowest BCUT2D eigenvalue weighted by atomic mass is 10.5. The summed E-state index contributed by atoms with van der Waals surface area (Å²) in [4.78, 5) is 13.9. The first-order valence-electron chi connectivity index (χ1n) is 3.96. The lowest BCUT2D eigenvalue weighted by molar-refractivity contribution is -0.231. The van der Waals surface area contributed by atoms with E-state index in [1.807, 2.05) is 0 Å². The molecule has 1 saturated heterocycles. The molecule has 0 spiro atoms. The van der Waals surface area contributed by atoms with Crippen LogP contribution in [0.3, 0.4) is 0 Å². The highest BCUT2D eigenvalue weighted by atomic mass is 32.2. The summed E-state index contributed by atoms with van der Waals surface area (Å²) in [6.07, 6.45) is 0. The zero-order valence-corrected chi connectivity index (χ0v) is 8.20. The molecule has 0 saturated carbocycles. The van der Waals surface area contributed by atoms with Crippen molar-refractivity contribution in [3.8, 4) is 0 Å². The average Bonchev–Trinajstić information content (AvgIpc) is 2.18. The molecule has 7 nitrogen and oxygen atoms in total. The first kappa shape index (κ1) is 11.4. The van der Waals surface area contributed by atoms with E-state index in [1.54, 1.807) is 0 Å². The summed E-state index contributed by atoms with van der Waals surface area (Å²) >= 11 is 0. The summed E-state index contributed by atoms with van der Waals surface area (Å²) < 4.78 is 28.9. The lowest BCUT2D eigenvalue weighted by Gasteiger charge is -2.25. The van der Waals surface area contributed by atoms with Gasteiger partial charge >= 0.3 is 5.97 Å². The first-order valence-corrected chi connectivity index (χ1v) is 5.57. The van der Waals surface area contributed by atoms with Crippen LogP contribution in [0.15, 0.2) is 0 Å². The van der Waals surface area contributed by atoms with Gasteiger partial charge in [-0.2, -0.15) is 9.56 Å². The van der Waals surface area contributed by atoms with E-state index in [1.165, 1.54) is 0 Å². The van der Waals surface area contributed by atoms with Crippen LogP contribution in [0, 0.1) is 0 Å². The molecule has 0 aliphatic carbocycles.